The molecule has 4 rings (SSSR count). The van der Waals surface area contributed by atoms with Crippen LogP contribution in [-0.4, -0.2) is 32.6 Å². The van der Waals surface area contributed by atoms with Gasteiger partial charge in [-0.1, -0.05) is 35.9 Å². The van der Waals surface area contributed by atoms with E-state index in [0.29, 0.717) is 16.8 Å². The Labute approximate surface area is 183 Å². The second-order valence-electron chi connectivity index (χ2n) is 7.37. The summed E-state index contributed by atoms with van der Waals surface area (Å²) in [4.78, 5) is 38.5. The molecule has 0 saturated carbocycles. The fourth-order valence-electron chi connectivity index (χ4n) is 3.75. The number of carboxylic acid groups (broad SMARTS) is 1. The van der Waals surface area contributed by atoms with Crippen LogP contribution in [0.5, 0.6) is 0 Å². The van der Waals surface area contributed by atoms with Gasteiger partial charge < -0.3 is 9.67 Å². The monoisotopic (exact) mass is 433 g/mol. The van der Waals surface area contributed by atoms with Crippen molar-refractivity contribution in [3.05, 3.63) is 70.9 Å². The molecule has 0 bridgehead atoms. The van der Waals surface area contributed by atoms with Crippen molar-refractivity contribution >= 4 is 57.8 Å². The second-order valence-corrected chi connectivity index (χ2v) is 7.76. The van der Waals surface area contributed by atoms with E-state index in [9.17, 15) is 19.5 Å². The van der Waals surface area contributed by atoms with Crippen molar-refractivity contribution in [2.75, 3.05) is 4.90 Å². The molecule has 1 fully saturated rings. The molecule has 1 aromatic heterocycles. The number of nitrogens with zero attached hydrogens (tertiary/aromatic N) is 2. The number of fused-ring (bicyclic) bond motifs is 1. The molecule has 1 aliphatic heterocycles. The van der Waals surface area contributed by atoms with Crippen LogP contribution in [0.3, 0.4) is 0 Å². The first kappa shape index (κ1) is 20.5. The van der Waals surface area contributed by atoms with Crippen molar-refractivity contribution < 1.29 is 19.5 Å². The molecule has 0 atom stereocenters. The fraction of sp³-hybridized carbons (Fsp3) is 0.130. The van der Waals surface area contributed by atoms with Gasteiger partial charge in [0.2, 0.25) is 0 Å². The quantitative estimate of drug-likeness (QED) is 0.375. The Morgan fingerprint density at radius 2 is 1.90 bits per heavy atom. The van der Waals surface area contributed by atoms with Crippen molar-refractivity contribution in [2.45, 2.75) is 20.4 Å². The molecule has 0 spiro atoms. The maximum absolute atomic E-state index is 13.3. The van der Waals surface area contributed by atoms with Crippen LogP contribution in [0.1, 0.15) is 16.7 Å². The lowest BCUT2D eigenvalue weighted by atomic mass is 10.0. The predicted molar refractivity (Wildman–Crippen MR) is 122 cm³/mol. The number of nitrogens with one attached hydrogen (secondary N) is 1. The molecule has 31 heavy (non-hydrogen) atoms. The number of aryl methyl sites for hydroxylation is 2. The molecular weight excluding hydrogens is 414 g/mol. The first-order valence-electron chi connectivity index (χ1n) is 9.54. The number of benzene rings is 2. The van der Waals surface area contributed by atoms with E-state index in [-0.39, 0.29) is 17.2 Å². The third-order valence-corrected chi connectivity index (χ3v) is 5.40. The number of hydrogen-bond donors (Lipinski definition) is 2. The van der Waals surface area contributed by atoms with Crippen LogP contribution in [0.25, 0.3) is 17.0 Å². The lowest BCUT2D eigenvalue weighted by molar-refractivity contribution is -0.137. The first-order valence-corrected chi connectivity index (χ1v) is 9.95. The summed E-state index contributed by atoms with van der Waals surface area (Å²) >= 11 is 5.28. The number of aliphatic carboxylic acids is 1. The lowest BCUT2D eigenvalue weighted by Gasteiger charge is -2.30. The molecule has 0 radical (unpaired) electrons. The van der Waals surface area contributed by atoms with Crippen LogP contribution >= 0.6 is 12.2 Å². The number of hydrogen-bond acceptors (Lipinski definition) is 4. The topological polar surface area (TPSA) is 91.6 Å². The number of rotatable bonds is 4. The number of para-hydroxylation sites is 1. The number of aromatic nitrogens is 1. The third kappa shape index (κ3) is 3.73. The van der Waals surface area contributed by atoms with Crippen LogP contribution in [0.15, 0.2) is 54.2 Å². The Bertz CT molecular complexity index is 1310. The summed E-state index contributed by atoms with van der Waals surface area (Å²) in [5.41, 5.74) is 3.68. The minimum atomic E-state index is -0.988. The van der Waals surface area contributed by atoms with Gasteiger partial charge in [0.05, 0.1) is 5.69 Å². The van der Waals surface area contributed by atoms with Crippen LogP contribution in [-0.2, 0) is 20.9 Å². The molecule has 8 heteroatoms. The number of carbonyl (C=O) groups excluding carboxylic acids is 2. The third-order valence-electron chi connectivity index (χ3n) is 5.12. The number of thiocarbonyl (C=S) groups is 1. The van der Waals surface area contributed by atoms with Crippen molar-refractivity contribution in [3.63, 3.8) is 0 Å². The van der Waals surface area contributed by atoms with Crippen LogP contribution in [0.2, 0.25) is 0 Å². The Kier molecular flexibility index (Phi) is 5.16. The second kappa shape index (κ2) is 7.81. The molecule has 2 heterocycles. The number of carboxylic acids is 1. The molecule has 2 amide bonds. The SMILES string of the molecule is Cc1ccc(N2C(=O)/C(=C/c3cn(CC(=O)O)c4ccccc34)C(=O)NC2=S)c(C)c1. The van der Waals surface area contributed by atoms with Crippen molar-refractivity contribution in [3.8, 4) is 0 Å². The highest BCUT2D eigenvalue weighted by molar-refractivity contribution is 7.80. The van der Waals surface area contributed by atoms with Gasteiger partial charge in [0.25, 0.3) is 11.8 Å². The highest BCUT2D eigenvalue weighted by Crippen LogP contribution is 2.28. The standard InChI is InChI=1S/C23H19N3O4S/c1-13-7-8-18(14(2)9-13)26-22(30)17(21(29)24-23(26)31)10-15-11-25(12-20(27)28)19-6-4-3-5-16(15)19/h3-11H,12H2,1-2H3,(H,27,28)(H,24,29,31)/b17-10+. The van der Waals surface area contributed by atoms with Gasteiger partial charge in [-0.15, -0.1) is 0 Å². The van der Waals surface area contributed by atoms with Crippen LogP contribution in [0.4, 0.5) is 5.69 Å². The molecular formula is C23H19N3O4S. The van der Waals surface area contributed by atoms with Gasteiger partial charge in [-0.3, -0.25) is 24.6 Å². The van der Waals surface area contributed by atoms with E-state index < -0.39 is 17.8 Å². The molecule has 3 aromatic rings. The van der Waals surface area contributed by atoms with E-state index in [4.69, 9.17) is 12.2 Å². The summed E-state index contributed by atoms with van der Waals surface area (Å²) in [5, 5.41) is 12.5. The highest BCUT2D eigenvalue weighted by atomic mass is 32.1. The fourth-order valence-corrected chi connectivity index (χ4v) is 4.03. The van der Waals surface area contributed by atoms with Gasteiger partial charge in [-0.05, 0) is 49.8 Å². The maximum atomic E-state index is 13.3. The number of anilines is 1. The van der Waals surface area contributed by atoms with E-state index >= 15 is 0 Å². The minimum absolute atomic E-state index is 0.0207. The van der Waals surface area contributed by atoms with Crippen molar-refractivity contribution in [1.29, 1.82) is 0 Å². The Morgan fingerprint density at radius 3 is 2.61 bits per heavy atom. The largest absolute Gasteiger partial charge is 0.480 e. The molecule has 2 aromatic carbocycles. The van der Waals surface area contributed by atoms with Gasteiger partial charge in [-0.25, -0.2) is 0 Å². The lowest BCUT2D eigenvalue weighted by Crippen LogP contribution is -2.54. The minimum Gasteiger partial charge on any atom is -0.480 e. The van der Waals surface area contributed by atoms with Crippen LogP contribution < -0.4 is 10.2 Å². The van der Waals surface area contributed by atoms with Gasteiger partial charge in [0.1, 0.15) is 12.1 Å². The van der Waals surface area contributed by atoms with Gasteiger partial charge >= 0.3 is 5.97 Å². The highest BCUT2D eigenvalue weighted by Gasteiger charge is 2.35. The number of carbonyl (C=O) groups is 3. The van der Waals surface area contributed by atoms with E-state index in [0.717, 1.165) is 16.5 Å². The maximum Gasteiger partial charge on any atom is 0.323 e. The summed E-state index contributed by atoms with van der Waals surface area (Å²) in [7, 11) is 0. The molecule has 1 aliphatic rings. The van der Waals surface area contributed by atoms with E-state index in [1.807, 2.05) is 38.1 Å². The molecule has 156 valence electrons. The normalized spacial score (nSPS) is 15.6. The average Bonchev–Trinajstić information content (AvgIpc) is 3.03. The zero-order chi connectivity index (χ0) is 22.3. The Balaban J connectivity index is 1.82. The van der Waals surface area contributed by atoms with E-state index in [1.54, 1.807) is 29.0 Å². The van der Waals surface area contributed by atoms with Gasteiger partial charge in [0, 0.05) is 22.7 Å². The Hall–Kier alpha value is -3.78. The van der Waals surface area contributed by atoms with Crippen molar-refractivity contribution in [2.24, 2.45) is 0 Å². The van der Waals surface area contributed by atoms with E-state index in [1.165, 1.54) is 11.0 Å². The molecule has 0 aliphatic carbocycles. The smallest absolute Gasteiger partial charge is 0.323 e. The molecule has 1 saturated heterocycles. The summed E-state index contributed by atoms with van der Waals surface area (Å²) in [5.74, 6) is -2.11. The summed E-state index contributed by atoms with van der Waals surface area (Å²) in [6.07, 6.45) is 3.11. The van der Waals surface area contributed by atoms with E-state index in [2.05, 4.69) is 5.32 Å². The molecule has 0 unspecified atom stereocenters. The first-order chi connectivity index (χ1) is 14.8. The zero-order valence-corrected chi connectivity index (χ0v) is 17.7. The summed E-state index contributed by atoms with van der Waals surface area (Å²) in [6, 6.07) is 12.8. The van der Waals surface area contributed by atoms with Crippen LogP contribution in [0, 0.1) is 13.8 Å². The van der Waals surface area contributed by atoms with Gasteiger partial charge in [0.15, 0.2) is 5.11 Å². The van der Waals surface area contributed by atoms with Crippen molar-refractivity contribution in [1.82, 2.24) is 9.88 Å². The molecule has 2 N–H and O–H groups in total. The predicted octanol–water partition coefficient (Wildman–Crippen LogP) is 3.17. The van der Waals surface area contributed by atoms with Gasteiger partial charge in [-0.2, -0.15) is 0 Å². The molecule has 7 nitrogen and oxygen atoms in total. The number of amides is 2. The average molecular weight is 433 g/mol. The summed E-state index contributed by atoms with van der Waals surface area (Å²) < 4.78 is 1.57. The summed E-state index contributed by atoms with van der Waals surface area (Å²) in [6.45, 7) is 3.59. The Morgan fingerprint density at radius 1 is 1.16 bits per heavy atom. The zero-order valence-electron chi connectivity index (χ0n) is 16.9.